The fourth-order valence-electron chi connectivity index (χ4n) is 3.92. The van der Waals surface area contributed by atoms with Crippen molar-refractivity contribution in [1.29, 1.82) is 0 Å². The zero-order valence-electron chi connectivity index (χ0n) is 17.6. The topological polar surface area (TPSA) is 93.8 Å². The van der Waals surface area contributed by atoms with Gasteiger partial charge in [0.25, 0.3) is 5.91 Å². The Morgan fingerprint density at radius 3 is 2.65 bits per heavy atom. The number of carbonyl (C=O) groups excluding carboxylic acids is 1. The van der Waals surface area contributed by atoms with E-state index in [-0.39, 0.29) is 11.9 Å². The van der Waals surface area contributed by atoms with E-state index in [4.69, 9.17) is 0 Å². The molecule has 0 atom stereocenters. The van der Waals surface area contributed by atoms with E-state index in [1.807, 2.05) is 48.5 Å². The van der Waals surface area contributed by atoms with Crippen LogP contribution in [-0.4, -0.2) is 60.5 Å². The highest BCUT2D eigenvalue weighted by molar-refractivity contribution is 6.03. The van der Waals surface area contributed by atoms with Crippen LogP contribution in [0.1, 0.15) is 29.2 Å². The third-order valence-corrected chi connectivity index (χ3v) is 5.77. The van der Waals surface area contributed by atoms with Crippen LogP contribution in [0.2, 0.25) is 0 Å². The molecule has 1 aromatic carbocycles. The number of carbonyl (C=O) groups is 1. The Kier molecular flexibility index (Phi) is 4.95. The van der Waals surface area contributed by atoms with Gasteiger partial charge in [0.15, 0.2) is 0 Å². The van der Waals surface area contributed by atoms with Gasteiger partial charge in [0.2, 0.25) is 5.95 Å². The van der Waals surface area contributed by atoms with Gasteiger partial charge in [0.05, 0.1) is 29.5 Å². The summed E-state index contributed by atoms with van der Waals surface area (Å²) in [6.07, 6.45) is 11.0. The maximum atomic E-state index is 12.7. The summed E-state index contributed by atoms with van der Waals surface area (Å²) in [5.41, 5.74) is 3.28. The fourth-order valence-corrected chi connectivity index (χ4v) is 3.92. The average molecular weight is 416 g/mol. The lowest BCUT2D eigenvalue weighted by molar-refractivity contribution is 0.102. The molecule has 0 aliphatic carbocycles. The lowest BCUT2D eigenvalue weighted by Crippen LogP contribution is -2.31. The van der Waals surface area contributed by atoms with Gasteiger partial charge in [-0.2, -0.15) is 10.2 Å². The van der Waals surface area contributed by atoms with Crippen molar-refractivity contribution in [2.45, 2.75) is 18.9 Å². The molecule has 31 heavy (non-hydrogen) atoms. The Morgan fingerprint density at radius 2 is 1.87 bits per heavy atom. The highest BCUT2D eigenvalue weighted by Crippen LogP contribution is 2.24. The molecule has 0 spiro atoms. The summed E-state index contributed by atoms with van der Waals surface area (Å²) >= 11 is 0. The predicted octanol–water partition coefficient (Wildman–Crippen LogP) is 2.75. The molecule has 9 nitrogen and oxygen atoms in total. The molecule has 3 aromatic heterocycles. The standard InChI is InChI=1S/C22H24N8O/c1-28-7-5-19(6-8-28)30-14-18(12-25-30)21(31)27-22-23-10-16-4-3-15(9-20(16)26-22)17-11-24-29(2)13-17/h3-4,9-14,19H,5-8H2,1-2H3,(H,23,26,27,31). The van der Waals surface area contributed by atoms with Crippen LogP contribution in [0.25, 0.3) is 22.0 Å². The Hall–Kier alpha value is -3.59. The van der Waals surface area contributed by atoms with Gasteiger partial charge in [-0.15, -0.1) is 0 Å². The molecule has 0 radical (unpaired) electrons. The number of benzene rings is 1. The molecule has 1 aliphatic heterocycles. The van der Waals surface area contributed by atoms with Crippen LogP contribution in [0.5, 0.6) is 0 Å². The number of aromatic nitrogens is 6. The Balaban J connectivity index is 1.33. The largest absolute Gasteiger partial charge is 0.306 e. The average Bonchev–Trinajstić information content (AvgIpc) is 3.43. The van der Waals surface area contributed by atoms with Crippen molar-refractivity contribution < 1.29 is 4.79 Å². The van der Waals surface area contributed by atoms with Crippen molar-refractivity contribution in [3.8, 4) is 11.1 Å². The third-order valence-electron chi connectivity index (χ3n) is 5.77. The van der Waals surface area contributed by atoms with Crippen molar-refractivity contribution >= 4 is 22.8 Å². The first kappa shape index (κ1) is 19.4. The maximum absolute atomic E-state index is 12.7. The van der Waals surface area contributed by atoms with Crippen molar-refractivity contribution in [3.63, 3.8) is 0 Å². The fraction of sp³-hybridized carbons (Fsp3) is 0.318. The minimum atomic E-state index is -0.262. The lowest BCUT2D eigenvalue weighted by Gasteiger charge is -2.28. The summed E-state index contributed by atoms with van der Waals surface area (Å²) in [5.74, 6) is 0.00909. The lowest BCUT2D eigenvalue weighted by atomic mass is 10.1. The third kappa shape index (κ3) is 4.04. The number of aryl methyl sites for hydroxylation is 1. The van der Waals surface area contributed by atoms with Crippen LogP contribution >= 0.6 is 0 Å². The van der Waals surface area contributed by atoms with Gasteiger partial charge >= 0.3 is 0 Å². The molecule has 4 heterocycles. The second kappa shape index (κ2) is 7.92. The zero-order chi connectivity index (χ0) is 21.4. The molecule has 1 N–H and O–H groups in total. The van der Waals surface area contributed by atoms with E-state index in [1.165, 1.54) is 0 Å². The van der Waals surface area contributed by atoms with Gasteiger partial charge in [-0.05, 0) is 44.6 Å². The first-order chi connectivity index (χ1) is 15.0. The SMILES string of the molecule is CN1CCC(n2cc(C(=O)Nc3ncc4ccc(-c5cnn(C)c5)cc4n3)cn2)CC1. The molecule has 0 bridgehead atoms. The highest BCUT2D eigenvalue weighted by Gasteiger charge is 2.20. The number of nitrogens with zero attached hydrogens (tertiary/aromatic N) is 7. The second-order valence-corrected chi connectivity index (χ2v) is 8.07. The Labute approximate surface area is 179 Å². The molecule has 1 aliphatic rings. The first-order valence-electron chi connectivity index (χ1n) is 10.3. The van der Waals surface area contributed by atoms with Crippen LogP contribution in [0.3, 0.4) is 0 Å². The number of anilines is 1. The van der Waals surface area contributed by atoms with E-state index >= 15 is 0 Å². The Bertz CT molecular complexity index is 1240. The molecule has 0 saturated carbocycles. The molecule has 5 rings (SSSR count). The van der Waals surface area contributed by atoms with E-state index in [2.05, 4.69) is 37.4 Å². The molecule has 158 valence electrons. The highest BCUT2D eigenvalue weighted by atomic mass is 16.1. The van der Waals surface area contributed by atoms with Crippen molar-refractivity contribution in [2.24, 2.45) is 7.05 Å². The predicted molar refractivity (Wildman–Crippen MR) is 118 cm³/mol. The first-order valence-corrected chi connectivity index (χ1v) is 10.3. The molecule has 1 fully saturated rings. The van der Waals surface area contributed by atoms with E-state index in [1.54, 1.807) is 17.1 Å². The van der Waals surface area contributed by atoms with Gasteiger partial charge in [-0.25, -0.2) is 9.97 Å². The molecule has 1 amide bonds. The monoisotopic (exact) mass is 416 g/mol. The quantitative estimate of drug-likeness (QED) is 0.550. The normalized spacial score (nSPS) is 15.4. The molecule has 4 aromatic rings. The van der Waals surface area contributed by atoms with Gasteiger partial charge in [-0.1, -0.05) is 12.1 Å². The number of piperidine rings is 1. The van der Waals surface area contributed by atoms with E-state index in [0.717, 1.165) is 48.0 Å². The van der Waals surface area contributed by atoms with Crippen LogP contribution in [0.15, 0.2) is 49.2 Å². The number of likely N-dealkylation sites (tertiary alicyclic amines) is 1. The Morgan fingerprint density at radius 1 is 1.03 bits per heavy atom. The molecular weight excluding hydrogens is 392 g/mol. The summed E-state index contributed by atoms with van der Waals surface area (Å²) < 4.78 is 3.67. The summed E-state index contributed by atoms with van der Waals surface area (Å²) in [6.45, 7) is 2.08. The molecule has 0 unspecified atom stereocenters. The summed E-state index contributed by atoms with van der Waals surface area (Å²) in [7, 11) is 4.01. The van der Waals surface area contributed by atoms with Crippen LogP contribution in [0, 0.1) is 0 Å². The minimum Gasteiger partial charge on any atom is -0.306 e. The summed E-state index contributed by atoms with van der Waals surface area (Å²) in [4.78, 5) is 23.9. The second-order valence-electron chi connectivity index (χ2n) is 8.07. The van der Waals surface area contributed by atoms with E-state index in [0.29, 0.717) is 11.6 Å². The van der Waals surface area contributed by atoms with Crippen molar-refractivity contribution in [1.82, 2.24) is 34.4 Å². The van der Waals surface area contributed by atoms with Crippen molar-refractivity contribution in [2.75, 3.05) is 25.5 Å². The molecular formula is C22H24N8O. The van der Waals surface area contributed by atoms with Crippen LogP contribution < -0.4 is 5.32 Å². The van der Waals surface area contributed by atoms with Crippen LogP contribution in [0.4, 0.5) is 5.95 Å². The van der Waals surface area contributed by atoms with Gasteiger partial charge in [0.1, 0.15) is 0 Å². The number of amides is 1. The summed E-state index contributed by atoms with van der Waals surface area (Å²) in [6, 6.07) is 6.29. The molecule has 9 heteroatoms. The zero-order valence-corrected chi connectivity index (χ0v) is 17.6. The number of nitrogens with one attached hydrogen (secondary N) is 1. The van der Waals surface area contributed by atoms with E-state index < -0.39 is 0 Å². The number of hydrogen-bond acceptors (Lipinski definition) is 6. The summed E-state index contributed by atoms with van der Waals surface area (Å²) in [5, 5.41) is 12.3. The minimum absolute atomic E-state index is 0.262. The number of rotatable bonds is 4. The molecule has 1 saturated heterocycles. The van der Waals surface area contributed by atoms with E-state index in [9.17, 15) is 4.79 Å². The van der Waals surface area contributed by atoms with Crippen LogP contribution in [-0.2, 0) is 7.05 Å². The van der Waals surface area contributed by atoms with Gasteiger partial charge in [-0.3, -0.25) is 19.5 Å². The maximum Gasteiger partial charge on any atom is 0.261 e. The van der Waals surface area contributed by atoms with Crippen molar-refractivity contribution in [3.05, 3.63) is 54.7 Å². The van der Waals surface area contributed by atoms with Gasteiger partial charge < -0.3 is 4.90 Å². The van der Waals surface area contributed by atoms with Gasteiger partial charge in [0, 0.05) is 36.6 Å². The smallest absolute Gasteiger partial charge is 0.261 e. The number of hydrogen-bond donors (Lipinski definition) is 1. The number of fused-ring (bicyclic) bond motifs is 1.